The summed E-state index contributed by atoms with van der Waals surface area (Å²) in [5.41, 5.74) is 0.265. The number of rotatable bonds is 5. The molecule has 0 N–H and O–H groups in total. The van der Waals surface area contributed by atoms with Crippen LogP contribution in [-0.4, -0.2) is 24.1 Å². The number of carbonyl (C=O) groups excluding carboxylic acids is 1. The lowest BCUT2D eigenvalue weighted by Gasteiger charge is -2.11. The van der Waals surface area contributed by atoms with Crippen molar-refractivity contribution in [1.82, 2.24) is 0 Å². The van der Waals surface area contributed by atoms with E-state index in [4.69, 9.17) is 4.74 Å². The lowest BCUT2D eigenvalue weighted by atomic mass is 10.1. The molecule has 16 heavy (non-hydrogen) atoms. The zero-order chi connectivity index (χ0) is 12.2. The van der Waals surface area contributed by atoms with Gasteiger partial charge >= 0.3 is 0 Å². The summed E-state index contributed by atoms with van der Waals surface area (Å²) in [6.07, 6.45) is -0.787. The molecule has 5 heteroatoms. The minimum Gasteiger partial charge on any atom is -0.497 e. The van der Waals surface area contributed by atoms with Crippen LogP contribution in [0.3, 0.4) is 0 Å². The third-order valence-corrected chi connectivity index (χ3v) is 2.85. The van der Waals surface area contributed by atoms with Crippen LogP contribution >= 0.6 is 15.9 Å². The van der Waals surface area contributed by atoms with Gasteiger partial charge in [-0.15, -0.1) is 0 Å². The first-order chi connectivity index (χ1) is 7.48. The molecule has 0 fully saturated rings. The third-order valence-electron chi connectivity index (χ3n) is 2.03. The normalized spacial score (nSPS) is 11.2. The molecule has 2 nitrogen and oxygen atoms in total. The van der Waals surface area contributed by atoms with E-state index in [-0.39, 0.29) is 5.56 Å². The molecular weight excluding hydrogens is 282 g/mol. The Bertz CT molecular complexity index is 363. The summed E-state index contributed by atoms with van der Waals surface area (Å²) in [6.45, 7) is 0. The Morgan fingerprint density at radius 2 is 1.94 bits per heavy atom. The Morgan fingerprint density at radius 1 is 1.38 bits per heavy atom. The minimum atomic E-state index is -3.00. The lowest BCUT2D eigenvalue weighted by Crippen LogP contribution is -2.22. The number of halogens is 3. The second kappa shape index (κ2) is 5.39. The molecule has 0 saturated carbocycles. The SMILES string of the molecule is COc1ccc(C(=O)CC(F)(F)CBr)cc1. The Kier molecular flexibility index (Phi) is 4.41. The van der Waals surface area contributed by atoms with Crippen molar-refractivity contribution in [1.29, 1.82) is 0 Å². The molecule has 1 aromatic rings. The van der Waals surface area contributed by atoms with Crippen LogP contribution in [-0.2, 0) is 0 Å². The minimum absolute atomic E-state index is 0.265. The maximum Gasteiger partial charge on any atom is 0.264 e. The van der Waals surface area contributed by atoms with E-state index in [1.54, 1.807) is 12.1 Å². The molecule has 0 heterocycles. The van der Waals surface area contributed by atoms with Gasteiger partial charge in [-0.1, -0.05) is 15.9 Å². The number of benzene rings is 1. The monoisotopic (exact) mass is 292 g/mol. The van der Waals surface area contributed by atoms with Gasteiger partial charge in [0.2, 0.25) is 0 Å². The van der Waals surface area contributed by atoms with Crippen molar-refractivity contribution in [3.63, 3.8) is 0 Å². The molecule has 0 aliphatic heterocycles. The van der Waals surface area contributed by atoms with Gasteiger partial charge < -0.3 is 4.74 Å². The maximum atomic E-state index is 12.9. The van der Waals surface area contributed by atoms with Gasteiger partial charge in [-0.2, -0.15) is 0 Å². The van der Waals surface area contributed by atoms with Crippen molar-refractivity contribution in [2.45, 2.75) is 12.3 Å². The predicted molar refractivity (Wildman–Crippen MR) is 60.7 cm³/mol. The van der Waals surface area contributed by atoms with Crippen LogP contribution in [0.5, 0.6) is 5.75 Å². The number of Topliss-reactive ketones (excluding diaryl/α,β-unsaturated/α-hetero) is 1. The molecule has 88 valence electrons. The third kappa shape index (κ3) is 3.56. The topological polar surface area (TPSA) is 26.3 Å². The number of ether oxygens (including phenoxy) is 1. The van der Waals surface area contributed by atoms with Crippen LogP contribution in [0.15, 0.2) is 24.3 Å². The van der Waals surface area contributed by atoms with Crippen molar-refractivity contribution in [3.8, 4) is 5.75 Å². The molecule has 1 rings (SSSR count). The van der Waals surface area contributed by atoms with Gasteiger partial charge in [-0.3, -0.25) is 4.79 Å². The predicted octanol–water partition coefficient (Wildman–Crippen LogP) is 3.30. The first-order valence-corrected chi connectivity index (χ1v) is 5.72. The standard InChI is InChI=1S/C11H11BrF2O2/c1-16-9-4-2-8(3-5-9)10(15)6-11(13,14)7-12/h2-5H,6-7H2,1H3. The van der Waals surface area contributed by atoms with Gasteiger partial charge in [-0.05, 0) is 24.3 Å². The van der Waals surface area contributed by atoms with Gasteiger partial charge in [0.15, 0.2) is 5.78 Å². The fourth-order valence-electron chi connectivity index (χ4n) is 1.16. The van der Waals surface area contributed by atoms with E-state index in [0.717, 1.165) is 0 Å². The highest BCUT2D eigenvalue weighted by molar-refractivity contribution is 9.09. The van der Waals surface area contributed by atoms with Crippen LogP contribution in [0, 0.1) is 0 Å². The number of ketones is 1. The van der Waals surface area contributed by atoms with Crippen LogP contribution in [0.1, 0.15) is 16.8 Å². The maximum absolute atomic E-state index is 12.9. The van der Waals surface area contributed by atoms with Crippen molar-refractivity contribution < 1.29 is 18.3 Å². The van der Waals surface area contributed by atoms with Crippen LogP contribution in [0.4, 0.5) is 8.78 Å². The quantitative estimate of drug-likeness (QED) is 0.615. The second-order valence-electron chi connectivity index (χ2n) is 3.32. The first kappa shape index (κ1) is 13.1. The summed E-state index contributed by atoms with van der Waals surface area (Å²) in [5.74, 6) is -2.99. The Balaban J connectivity index is 2.73. The number of hydrogen-bond acceptors (Lipinski definition) is 2. The molecule has 0 spiro atoms. The summed E-state index contributed by atoms with van der Waals surface area (Å²) >= 11 is 2.67. The van der Waals surface area contributed by atoms with Crippen molar-refractivity contribution >= 4 is 21.7 Å². The largest absolute Gasteiger partial charge is 0.497 e. The molecule has 0 aliphatic rings. The van der Waals surface area contributed by atoms with Gasteiger partial charge in [0.05, 0.1) is 18.9 Å². The molecule has 0 amide bonds. The molecule has 0 aromatic heterocycles. The Morgan fingerprint density at radius 3 is 2.38 bits per heavy atom. The summed E-state index contributed by atoms with van der Waals surface area (Å²) in [5, 5.41) is -0.512. The number of carbonyl (C=O) groups is 1. The fraction of sp³-hybridized carbons (Fsp3) is 0.364. The highest BCUT2D eigenvalue weighted by Gasteiger charge is 2.31. The second-order valence-corrected chi connectivity index (χ2v) is 3.88. The van der Waals surface area contributed by atoms with Crippen LogP contribution in [0.2, 0.25) is 0 Å². The van der Waals surface area contributed by atoms with E-state index in [1.165, 1.54) is 19.2 Å². The lowest BCUT2D eigenvalue weighted by molar-refractivity contribution is 0.0212. The Labute approximate surface area is 101 Å². The van der Waals surface area contributed by atoms with Gasteiger partial charge in [0.1, 0.15) is 5.75 Å². The molecule has 0 saturated heterocycles. The van der Waals surface area contributed by atoms with E-state index in [1.807, 2.05) is 0 Å². The van der Waals surface area contributed by atoms with Crippen molar-refractivity contribution in [2.75, 3.05) is 12.4 Å². The fourth-order valence-corrected chi connectivity index (χ4v) is 1.36. The molecule has 0 atom stereocenters. The zero-order valence-corrected chi connectivity index (χ0v) is 10.3. The Hall–Kier alpha value is -0.970. The van der Waals surface area contributed by atoms with Crippen molar-refractivity contribution in [3.05, 3.63) is 29.8 Å². The number of hydrogen-bond donors (Lipinski definition) is 0. The average Bonchev–Trinajstić information content (AvgIpc) is 2.28. The summed E-state index contributed by atoms with van der Waals surface area (Å²) in [7, 11) is 1.50. The van der Waals surface area contributed by atoms with Crippen LogP contribution in [0.25, 0.3) is 0 Å². The molecular formula is C11H11BrF2O2. The zero-order valence-electron chi connectivity index (χ0n) is 8.67. The summed E-state index contributed by atoms with van der Waals surface area (Å²) in [4.78, 5) is 11.5. The highest BCUT2D eigenvalue weighted by atomic mass is 79.9. The summed E-state index contributed by atoms with van der Waals surface area (Å²) < 4.78 is 30.8. The highest BCUT2D eigenvalue weighted by Crippen LogP contribution is 2.23. The average molecular weight is 293 g/mol. The van der Waals surface area contributed by atoms with E-state index in [2.05, 4.69) is 15.9 Å². The first-order valence-electron chi connectivity index (χ1n) is 4.59. The summed E-state index contributed by atoms with van der Waals surface area (Å²) in [6, 6.07) is 6.09. The number of methoxy groups -OCH3 is 1. The van der Waals surface area contributed by atoms with Crippen LogP contribution < -0.4 is 4.74 Å². The van der Waals surface area contributed by atoms with E-state index < -0.39 is 23.5 Å². The van der Waals surface area contributed by atoms with E-state index in [0.29, 0.717) is 5.75 Å². The molecule has 0 unspecified atom stereocenters. The van der Waals surface area contributed by atoms with Gasteiger partial charge in [0, 0.05) is 5.56 Å². The number of alkyl halides is 3. The van der Waals surface area contributed by atoms with Gasteiger partial charge in [-0.25, -0.2) is 8.78 Å². The van der Waals surface area contributed by atoms with E-state index in [9.17, 15) is 13.6 Å². The van der Waals surface area contributed by atoms with Gasteiger partial charge in [0.25, 0.3) is 5.92 Å². The van der Waals surface area contributed by atoms with Crippen molar-refractivity contribution in [2.24, 2.45) is 0 Å². The molecule has 0 bridgehead atoms. The molecule has 0 radical (unpaired) electrons. The molecule has 1 aromatic carbocycles. The van der Waals surface area contributed by atoms with E-state index >= 15 is 0 Å². The molecule has 0 aliphatic carbocycles. The smallest absolute Gasteiger partial charge is 0.264 e.